The van der Waals surface area contributed by atoms with Gasteiger partial charge >= 0.3 is 6.61 Å². The van der Waals surface area contributed by atoms with Crippen LogP contribution in [0.25, 0.3) is 22.0 Å². The molecule has 0 fully saturated rings. The van der Waals surface area contributed by atoms with Gasteiger partial charge in [-0.2, -0.15) is 8.78 Å². The smallest absolute Gasteiger partial charge is 0.379 e. The summed E-state index contributed by atoms with van der Waals surface area (Å²) in [6.45, 7) is 8.29. The number of pyridine rings is 1. The number of alkyl halides is 2. The van der Waals surface area contributed by atoms with E-state index in [2.05, 4.69) is 15.8 Å². The topological polar surface area (TPSA) is 59.4 Å². The van der Waals surface area contributed by atoms with E-state index in [4.69, 9.17) is 0 Å². The molecule has 0 aliphatic carbocycles. The van der Waals surface area contributed by atoms with E-state index < -0.39 is 12.0 Å². The van der Waals surface area contributed by atoms with Crippen molar-refractivity contribution in [3.05, 3.63) is 72.6 Å². The molecule has 7 heteroatoms. The molecule has 3 aromatic rings. The number of nitrogens with zero attached hydrogens (tertiary/aromatic N) is 1. The normalized spacial score (nSPS) is 12.0. The molecule has 0 saturated carbocycles. The number of aliphatic hydroxyl groups excluding tert-OH is 1. The predicted molar refractivity (Wildman–Crippen MR) is 127 cm³/mol. The van der Waals surface area contributed by atoms with Gasteiger partial charge in [0.25, 0.3) is 0 Å². The van der Waals surface area contributed by atoms with E-state index in [0.717, 1.165) is 22.0 Å². The van der Waals surface area contributed by atoms with Gasteiger partial charge < -0.3 is 14.8 Å². The molecule has 3 rings (SSSR count). The Morgan fingerprint density at radius 1 is 1.03 bits per heavy atom. The van der Waals surface area contributed by atoms with Gasteiger partial charge in [0.1, 0.15) is 5.76 Å². The SMILES string of the molecule is CC(C)(C)C(=O)/C=C(\O)C(C)(C)C.FC(F)Oc1c[c-]c(-c2nccc3ccccc23)cc1.[Ir]. The standard InChI is InChI=1S/C16H10F2NO.C11H20O2.Ir/c17-16(18)20-13-7-5-12(6-8-13)15-14-4-2-1-3-11(14)9-10-19-15;1-10(2,3)8(12)7-9(13)11(4,5)6;/h1-5,7-10,16H;7,12H,1-6H3;/q-1;;/b;8-7-;. The number of hydrogen-bond acceptors (Lipinski definition) is 4. The van der Waals surface area contributed by atoms with Crippen molar-refractivity contribution in [2.45, 2.75) is 48.2 Å². The molecule has 1 N–H and O–H groups in total. The largest absolute Gasteiger partial charge is 0.512 e. The van der Waals surface area contributed by atoms with Gasteiger partial charge in [0.05, 0.1) is 0 Å². The molecule has 185 valence electrons. The molecular weight excluding hydrogens is 617 g/mol. The number of benzene rings is 2. The van der Waals surface area contributed by atoms with E-state index in [0.29, 0.717) is 0 Å². The number of aliphatic hydroxyl groups is 1. The van der Waals surface area contributed by atoms with E-state index in [1.807, 2.05) is 71.9 Å². The summed E-state index contributed by atoms with van der Waals surface area (Å²) in [4.78, 5) is 15.8. The number of ether oxygens (including phenoxy) is 1. The zero-order chi connectivity index (χ0) is 24.8. The Morgan fingerprint density at radius 2 is 1.68 bits per heavy atom. The molecular formula is C27H30F2IrNO3-. The third kappa shape index (κ3) is 8.62. The molecule has 0 unspecified atom stereocenters. The van der Waals surface area contributed by atoms with Crippen molar-refractivity contribution in [3.8, 4) is 17.0 Å². The molecule has 0 spiro atoms. The Labute approximate surface area is 213 Å². The molecule has 0 saturated heterocycles. The van der Waals surface area contributed by atoms with Gasteiger partial charge in [-0.15, -0.1) is 29.8 Å². The number of allylic oxidation sites excluding steroid dienone is 2. The molecule has 0 atom stereocenters. The van der Waals surface area contributed by atoms with Crippen molar-refractivity contribution in [2.24, 2.45) is 10.8 Å². The Balaban J connectivity index is 0.000000364. The zero-order valence-electron chi connectivity index (χ0n) is 20.2. The maximum absolute atomic E-state index is 12.1. The van der Waals surface area contributed by atoms with Gasteiger partial charge in [0, 0.05) is 49.0 Å². The first kappa shape index (κ1) is 29.4. The number of rotatable bonds is 4. The van der Waals surface area contributed by atoms with Crippen LogP contribution in [-0.2, 0) is 24.9 Å². The van der Waals surface area contributed by atoms with Gasteiger partial charge in [-0.1, -0.05) is 65.8 Å². The number of carbonyl (C=O) groups excluding carboxylic acids is 1. The average Bonchev–Trinajstić information content (AvgIpc) is 2.72. The molecule has 0 aliphatic rings. The summed E-state index contributed by atoms with van der Waals surface area (Å²) >= 11 is 0. The molecule has 0 amide bonds. The summed E-state index contributed by atoms with van der Waals surface area (Å²) in [5.41, 5.74) is 0.746. The first-order chi connectivity index (χ1) is 15.3. The fraction of sp³-hybridized carbons (Fsp3) is 0.333. The van der Waals surface area contributed by atoms with Crippen LogP contribution in [0.1, 0.15) is 41.5 Å². The molecule has 4 nitrogen and oxygen atoms in total. The fourth-order valence-electron chi connectivity index (χ4n) is 2.63. The minimum Gasteiger partial charge on any atom is -0.512 e. The summed E-state index contributed by atoms with van der Waals surface area (Å²) in [5, 5.41) is 11.6. The van der Waals surface area contributed by atoms with Crippen LogP contribution in [0, 0.1) is 16.9 Å². The number of ketones is 1. The van der Waals surface area contributed by atoms with Crippen LogP contribution in [0.15, 0.2) is 66.6 Å². The van der Waals surface area contributed by atoms with Gasteiger partial charge in [-0.3, -0.25) is 4.79 Å². The van der Waals surface area contributed by atoms with Crippen molar-refractivity contribution < 1.29 is 43.5 Å². The summed E-state index contributed by atoms with van der Waals surface area (Å²) < 4.78 is 28.5. The monoisotopic (exact) mass is 647 g/mol. The summed E-state index contributed by atoms with van der Waals surface area (Å²) in [7, 11) is 0. The van der Waals surface area contributed by atoms with E-state index >= 15 is 0 Å². The predicted octanol–water partition coefficient (Wildman–Crippen LogP) is 7.39. The van der Waals surface area contributed by atoms with Crippen LogP contribution in [0.2, 0.25) is 0 Å². The number of halogens is 2. The Bertz CT molecular complexity index is 1110. The quantitative estimate of drug-likeness (QED) is 0.183. The second kappa shape index (κ2) is 12.2. The van der Waals surface area contributed by atoms with Crippen LogP contribution in [0.5, 0.6) is 5.75 Å². The third-order valence-corrected chi connectivity index (χ3v) is 4.71. The summed E-state index contributed by atoms with van der Waals surface area (Å²) in [6.07, 6.45) is 3.05. The zero-order valence-corrected chi connectivity index (χ0v) is 22.5. The maximum Gasteiger partial charge on any atom is 0.379 e. The Hall–Kier alpha value is -2.63. The third-order valence-electron chi connectivity index (χ3n) is 4.71. The average molecular weight is 647 g/mol. The van der Waals surface area contributed by atoms with Gasteiger partial charge in [-0.05, 0) is 22.5 Å². The molecule has 34 heavy (non-hydrogen) atoms. The van der Waals surface area contributed by atoms with Gasteiger partial charge in [-0.25, -0.2) is 0 Å². The second-order valence-corrected chi connectivity index (χ2v) is 9.59. The fourth-order valence-corrected chi connectivity index (χ4v) is 2.63. The first-order valence-corrected chi connectivity index (χ1v) is 10.6. The molecule has 1 aromatic heterocycles. The van der Waals surface area contributed by atoms with Crippen molar-refractivity contribution in [2.75, 3.05) is 0 Å². The van der Waals surface area contributed by atoms with Crippen LogP contribution >= 0.6 is 0 Å². The Kier molecular flexibility index (Phi) is 10.5. The molecule has 2 aromatic carbocycles. The number of carbonyl (C=O) groups is 1. The number of hydrogen-bond donors (Lipinski definition) is 1. The van der Waals surface area contributed by atoms with Crippen molar-refractivity contribution in [1.82, 2.24) is 4.98 Å². The van der Waals surface area contributed by atoms with Crippen molar-refractivity contribution in [3.63, 3.8) is 0 Å². The van der Waals surface area contributed by atoms with Gasteiger partial charge in [0.2, 0.25) is 0 Å². The van der Waals surface area contributed by atoms with Crippen molar-refractivity contribution >= 4 is 16.6 Å². The van der Waals surface area contributed by atoms with Crippen LogP contribution in [0.3, 0.4) is 0 Å². The molecule has 1 heterocycles. The van der Waals surface area contributed by atoms with Crippen LogP contribution < -0.4 is 4.74 Å². The summed E-state index contributed by atoms with van der Waals surface area (Å²) in [6, 6.07) is 17.3. The van der Waals surface area contributed by atoms with E-state index in [9.17, 15) is 18.7 Å². The van der Waals surface area contributed by atoms with Crippen LogP contribution in [-0.4, -0.2) is 22.5 Å². The van der Waals surface area contributed by atoms with Gasteiger partial charge in [0.15, 0.2) is 5.78 Å². The summed E-state index contributed by atoms with van der Waals surface area (Å²) in [5.74, 6) is 0.191. The maximum atomic E-state index is 12.1. The molecule has 1 radical (unpaired) electrons. The van der Waals surface area contributed by atoms with Crippen molar-refractivity contribution in [1.29, 1.82) is 0 Å². The first-order valence-electron chi connectivity index (χ1n) is 10.6. The number of fused-ring (bicyclic) bond motifs is 1. The van der Waals surface area contributed by atoms with Crippen LogP contribution in [0.4, 0.5) is 8.78 Å². The van der Waals surface area contributed by atoms with E-state index in [1.165, 1.54) is 18.2 Å². The number of aromatic nitrogens is 1. The van der Waals surface area contributed by atoms with E-state index in [1.54, 1.807) is 12.3 Å². The minimum atomic E-state index is -2.83. The Morgan fingerprint density at radius 3 is 2.21 bits per heavy atom. The second-order valence-electron chi connectivity index (χ2n) is 9.59. The molecule has 0 aliphatic heterocycles. The minimum absolute atomic E-state index is 0. The molecule has 0 bridgehead atoms. The van der Waals surface area contributed by atoms with E-state index in [-0.39, 0.29) is 42.8 Å².